The number of alkyl halides is 1. The minimum Gasteiger partial charge on any atom is -0.258 e. The van der Waals surface area contributed by atoms with Gasteiger partial charge < -0.3 is 0 Å². The maximum atomic E-state index is 13.4. The molecule has 13 heavy (non-hydrogen) atoms. The Morgan fingerprint density at radius 3 is 2.54 bits per heavy atom. The smallest absolute Gasteiger partial charge is 0.147 e. The topological polar surface area (TPSA) is 12.9 Å². The summed E-state index contributed by atoms with van der Waals surface area (Å²) in [4.78, 5) is 4.08. The fourth-order valence-electron chi connectivity index (χ4n) is 1.03. The molecule has 1 rings (SSSR count). The van der Waals surface area contributed by atoms with Gasteiger partial charge in [0, 0.05) is 11.9 Å². The Kier molecular flexibility index (Phi) is 3.31. The van der Waals surface area contributed by atoms with E-state index in [1.807, 2.05) is 12.3 Å². The maximum absolute atomic E-state index is 13.4. The van der Waals surface area contributed by atoms with Crippen molar-refractivity contribution >= 4 is 11.8 Å². The molecular formula is C10H14FNS. The van der Waals surface area contributed by atoms with Gasteiger partial charge in [-0.15, -0.1) is 0 Å². The zero-order valence-corrected chi connectivity index (χ0v) is 8.99. The standard InChI is InChI=1S/C10H14FNS/c1-10(2,11)9-5-4-8(6-12-9)7-13-3/h4-6H,7H2,1-3H3. The number of halogens is 1. The van der Waals surface area contributed by atoms with Gasteiger partial charge in [-0.2, -0.15) is 11.8 Å². The van der Waals surface area contributed by atoms with Crippen molar-refractivity contribution < 1.29 is 4.39 Å². The number of aromatic nitrogens is 1. The van der Waals surface area contributed by atoms with E-state index in [-0.39, 0.29) is 0 Å². The Bertz CT molecular complexity index is 263. The van der Waals surface area contributed by atoms with Gasteiger partial charge in [0.25, 0.3) is 0 Å². The van der Waals surface area contributed by atoms with Gasteiger partial charge >= 0.3 is 0 Å². The van der Waals surface area contributed by atoms with E-state index in [0.717, 1.165) is 11.3 Å². The van der Waals surface area contributed by atoms with Crippen LogP contribution in [0.3, 0.4) is 0 Å². The van der Waals surface area contributed by atoms with Crippen molar-refractivity contribution in [2.45, 2.75) is 25.3 Å². The van der Waals surface area contributed by atoms with Crippen LogP contribution < -0.4 is 0 Å². The van der Waals surface area contributed by atoms with Crippen molar-refractivity contribution in [2.75, 3.05) is 6.26 Å². The summed E-state index contributed by atoms with van der Waals surface area (Å²) in [5.41, 5.74) is 0.301. The van der Waals surface area contributed by atoms with Gasteiger partial charge in [-0.25, -0.2) is 4.39 Å². The maximum Gasteiger partial charge on any atom is 0.147 e. The summed E-state index contributed by atoms with van der Waals surface area (Å²) >= 11 is 1.73. The van der Waals surface area contributed by atoms with Crippen LogP contribution in [0, 0.1) is 0 Å². The van der Waals surface area contributed by atoms with Gasteiger partial charge in [-0.1, -0.05) is 6.07 Å². The molecule has 1 aromatic rings. The lowest BCUT2D eigenvalue weighted by Crippen LogP contribution is -2.11. The molecule has 0 N–H and O–H groups in total. The highest BCUT2D eigenvalue weighted by atomic mass is 32.2. The van der Waals surface area contributed by atoms with Crippen molar-refractivity contribution in [1.82, 2.24) is 4.98 Å². The van der Waals surface area contributed by atoms with Crippen LogP contribution in [0.1, 0.15) is 25.1 Å². The first-order valence-electron chi connectivity index (χ1n) is 4.17. The molecule has 0 aliphatic rings. The third-order valence-electron chi connectivity index (χ3n) is 1.74. The highest BCUT2D eigenvalue weighted by molar-refractivity contribution is 7.97. The number of hydrogen-bond donors (Lipinski definition) is 0. The van der Waals surface area contributed by atoms with Crippen molar-refractivity contribution in [3.8, 4) is 0 Å². The predicted octanol–water partition coefficient (Wildman–Crippen LogP) is 3.15. The number of thioether (sulfide) groups is 1. The lowest BCUT2D eigenvalue weighted by Gasteiger charge is -2.13. The second-order valence-corrected chi connectivity index (χ2v) is 4.32. The van der Waals surface area contributed by atoms with Gasteiger partial charge in [0.15, 0.2) is 0 Å². The van der Waals surface area contributed by atoms with Crippen molar-refractivity contribution in [3.05, 3.63) is 29.6 Å². The Hall–Kier alpha value is -0.570. The van der Waals surface area contributed by atoms with Crippen molar-refractivity contribution in [1.29, 1.82) is 0 Å². The van der Waals surface area contributed by atoms with Crippen molar-refractivity contribution in [3.63, 3.8) is 0 Å². The summed E-state index contributed by atoms with van der Waals surface area (Å²) < 4.78 is 13.4. The molecule has 0 atom stereocenters. The molecule has 72 valence electrons. The molecule has 0 saturated carbocycles. The lowest BCUT2D eigenvalue weighted by molar-refractivity contribution is 0.214. The molecule has 1 heterocycles. The zero-order valence-electron chi connectivity index (χ0n) is 8.17. The molecule has 0 amide bonds. The van der Waals surface area contributed by atoms with Crippen LogP contribution in [0.4, 0.5) is 4.39 Å². The molecule has 1 nitrogen and oxygen atoms in total. The lowest BCUT2D eigenvalue weighted by atomic mass is 10.1. The Morgan fingerprint density at radius 1 is 1.46 bits per heavy atom. The Balaban J connectivity index is 2.81. The van der Waals surface area contributed by atoms with E-state index in [1.54, 1.807) is 24.0 Å². The molecule has 0 spiro atoms. The summed E-state index contributed by atoms with van der Waals surface area (Å²) in [7, 11) is 0. The molecule has 0 aliphatic carbocycles. The SMILES string of the molecule is CSCc1ccc(C(C)(C)F)nc1. The van der Waals surface area contributed by atoms with Gasteiger partial charge in [-0.3, -0.25) is 4.98 Å². The number of hydrogen-bond acceptors (Lipinski definition) is 2. The third-order valence-corrected chi connectivity index (χ3v) is 2.37. The Morgan fingerprint density at radius 2 is 2.15 bits per heavy atom. The van der Waals surface area contributed by atoms with Crippen LogP contribution in [0.15, 0.2) is 18.3 Å². The van der Waals surface area contributed by atoms with Crippen molar-refractivity contribution in [2.24, 2.45) is 0 Å². The number of nitrogens with zero attached hydrogens (tertiary/aromatic N) is 1. The van der Waals surface area contributed by atoms with E-state index in [2.05, 4.69) is 4.98 Å². The third kappa shape index (κ3) is 2.99. The van der Waals surface area contributed by atoms with E-state index in [9.17, 15) is 4.39 Å². The second-order valence-electron chi connectivity index (χ2n) is 3.46. The average Bonchev–Trinajstić information content (AvgIpc) is 2.04. The summed E-state index contributed by atoms with van der Waals surface area (Å²) in [6.45, 7) is 3.03. The van der Waals surface area contributed by atoms with E-state index in [4.69, 9.17) is 0 Å². The molecule has 3 heteroatoms. The van der Waals surface area contributed by atoms with Gasteiger partial charge in [0.2, 0.25) is 0 Å². The summed E-state index contributed by atoms with van der Waals surface area (Å²) in [6, 6.07) is 3.69. The predicted molar refractivity (Wildman–Crippen MR) is 55.6 cm³/mol. The van der Waals surface area contributed by atoms with E-state index < -0.39 is 5.67 Å². The monoisotopic (exact) mass is 199 g/mol. The average molecular weight is 199 g/mol. The first-order chi connectivity index (χ1) is 6.04. The normalized spacial score (nSPS) is 11.7. The fourth-order valence-corrected chi connectivity index (χ4v) is 1.53. The van der Waals surface area contributed by atoms with Gasteiger partial charge in [0.1, 0.15) is 5.67 Å². The largest absolute Gasteiger partial charge is 0.258 e. The van der Waals surface area contributed by atoms with E-state index in [0.29, 0.717) is 5.69 Å². The van der Waals surface area contributed by atoms with Gasteiger partial charge in [0.05, 0.1) is 5.69 Å². The van der Waals surface area contributed by atoms with Crippen LogP contribution in [0.5, 0.6) is 0 Å². The second kappa shape index (κ2) is 4.09. The van der Waals surface area contributed by atoms with Gasteiger partial charge in [-0.05, 0) is 31.7 Å². The molecule has 0 unspecified atom stereocenters. The highest BCUT2D eigenvalue weighted by Gasteiger charge is 2.19. The van der Waals surface area contributed by atoms with Crippen LogP contribution in [-0.4, -0.2) is 11.2 Å². The molecular weight excluding hydrogens is 185 g/mol. The molecule has 0 bridgehead atoms. The number of pyridine rings is 1. The Labute approximate surface area is 82.8 Å². The first kappa shape index (κ1) is 10.5. The molecule has 0 saturated heterocycles. The van der Waals surface area contributed by atoms with Crippen LogP contribution in [-0.2, 0) is 11.4 Å². The quantitative estimate of drug-likeness (QED) is 0.741. The van der Waals surface area contributed by atoms with Crippen LogP contribution in [0.2, 0.25) is 0 Å². The highest BCUT2D eigenvalue weighted by Crippen LogP contribution is 2.22. The van der Waals surface area contributed by atoms with Crippen LogP contribution >= 0.6 is 11.8 Å². The molecule has 0 fully saturated rings. The zero-order chi connectivity index (χ0) is 9.90. The first-order valence-corrected chi connectivity index (χ1v) is 5.56. The minimum absolute atomic E-state index is 0.498. The fraction of sp³-hybridized carbons (Fsp3) is 0.500. The molecule has 0 aliphatic heterocycles. The molecule has 1 aromatic heterocycles. The summed E-state index contributed by atoms with van der Waals surface area (Å²) in [5, 5.41) is 0. The minimum atomic E-state index is -1.34. The molecule has 0 radical (unpaired) electrons. The summed E-state index contributed by atoms with van der Waals surface area (Å²) in [5.74, 6) is 0.931. The summed E-state index contributed by atoms with van der Waals surface area (Å²) in [6.07, 6.45) is 3.78. The van der Waals surface area contributed by atoms with Crippen LogP contribution in [0.25, 0.3) is 0 Å². The molecule has 0 aromatic carbocycles. The van der Waals surface area contributed by atoms with E-state index >= 15 is 0 Å². The number of rotatable bonds is 3. The van der Waals surface area contributed by atoms with E-state index in [1.165, 1.54) is 13.8 Å².